The minimum Gasteiger partial charge on any atom is -0.595 e. The number of hydrogen-bond donors (Lipinski definition) is 3. The lowest BCUT2D eigenvalue weighted by atomic mass is 9.87. The van der Waals surface area contributed by atoms with E-state index >= 15 is 0 Å². The number of benzene rings is 1. The number of rotatable bonds is 3. The molecule has 0 saturated carbocycles. The van der Waals surface area contributed by atoms with Crippen LogP contribution in [-0.4, -0.2) is 23.5 Å². The molecule has 5 nitrogen and oxygen atoms in total. The summed E-state index contributed by atoms with van der Waals surface area (Å²) in [5, 5.41) is 19.4. The molecule has 0 fully saturated rings. The number of hydrogen-bond acceptors (Lipinski definition) is 3. The van der Waals surface area contributed by atoms with Gasteiger partial charge in [-0.1, -0.05) is 12.1 Å². The molecule has 0 aromatic heterocycles. The number of quaternary nitrogens is 1. The highest BCUT2D eigenvalue weighted by Gasteiger charge is 2.72. The molecule has 1 amide bonds. The third-order valence-corrected chi connectivity index (χ3v) is 2.99. The topological polar surface area (TPSA) is 76.8 Å². The van der Waals surface area contributed by atoms with Gasteiger partial charge in [0.1, 0.15) is 5.69 Å². The Balaban J connectivity index is 3.25. The number of amides is 1. The van der Waals surface area contributed by atoms with Crippen LogP contribution in [0.4, 0.5) is 37.7 Å². The van der Waals surface area contributed by atoms with E-state index in [2.05, 4.69) is 0 Å². The molecule has 124 valence electrons. The summed E-state index contributed by atoms with van der Waals surface area (Å²) in [6.45, 7) is -0.314. The fourth-order valence-corrected chi connectivity index (χ4v) is 1.44. The Kier molecular flexibility index (Phi) is 4.75. The number of halogens is 6. The van der Waals surface area contributed by atoms with Crippen molar-refractivity contribution < 1.29 is 41.6 Å². The number of carbonyl (C=O) groups is 1. The van der Waals surface area contributed by atoms with Crippen LogP contribution in [0.3, 0.4) is 0 Å². The molecule has 11 heteroatoms. The average Bonchev–Trinajstić information content (AvgIpc) is 2.35. The highest BCUT2D eigenvalue weighted by Crippen LogP contribution is 2.50. The second kappa shape index (κ2) is 5.74. The molecule has 3 N–H and O–H groups in total. The Labute approximate surface area is 119 Å². The smallest absolute Gasteiger partial charge is 0.411 e. The van der Waals surface area contributed by atoms with E-state index in [4.69, 9.17) is 5.21 Å². The maximum Gasteiger partial charge on any atom is 0.411 e. The van der Waals surface area contributed by atoms with Gasteiger partial charge in [0.2, 0.25) is 11.3 Å². The number of para-hydroxylation sites is 2. The monoisotopic (exact) mass is 332 g/mol. The van der Waals surface area contributed by atoms with Crippen molar-refractivity contribution in [2.75, 3.05) is 5.32 Å². The molecule has 22 heavy (non-hydrogen) atoms. The van der Waals surface area contributed by atoms with Crippen LogP contribution in [-0.2, 0) is 4.79 Å². The number of anilines is 1. The Morgan fingerprint density at radius 2 is 1.59 bits per heavy atom. The van der Waals surface area contributed by atoms with Crippen LogP contribution in [0, 0.1) is 10.6 Å². The number of nitrogens with one attached hydrogen (secondary N) is 2. The first-order valence-corrected chi connectivity index (χ1v) is 5.59. The molecule has 0 heterocycles. The van der Waals surface area contributed by atoms with Crippen LogP contribution < -0.4 is 10.5 Å². The fourth-order valence-electron chi connectivity index (χ4n) is 1.44. The summed E-state index contributed by atoms with van der Waals surface area (Å²) < 4.78 is 76.3. The molecule has 0 bridgehead atoms. The Hall–Kier alpha value is -1.85. The van der Waals surface area contributed by atoms with Gasteiger partial charge in [0.05, 0.1) is 0 Å². The standard InChI is InChI=1S/C11H10F6N2O3/c1-9(10(12,13)14,11(15,16)17)8(20)18-6-4-2-3-5-7(6)19(21)22/h2-5,19,21H,1H3,(H,18,20). The summed E-state index contributed by atoms with van der Waals surface area (Å²) in [4.78, 5) is 11.6. The van der Waals surface area contributed by atoms with Gasteiger partial charge in [0, 0.05) is 6.07 Å². The van der Waals surface area contributed by atoms with Crippen molar-refractivity contribution in [2.45, 2.75) is 19.3 Å². The molecule has 0 aliphatic rings. The van der Waals surface area contributed by atoms with Crippen molar-refractivity contribution >= 4 is 17.3 Å². The van der Waals surface area contributed by atoms with Crippen molar-refractivity contribution in [1.29, 1.82) is 0 Å². The quantitative estimate of drug-likeness (QED) is 0.586. The average molecular weight is 332 g/mol. The highest BCUT2D eigenvalue weighted by atomic mass is 19.4. The fraction of sp³-hybridized carbons (Fsp3) is 0.364. The minimum atomic E-state index is -5.91. The van der Waals surface area contributed by atoms with Crippen molar-refractivity contribution in [2.24, 2.45) is 5.41 Å². The third kappa shape index (κ3) is 3.15. The first-order valence-electron chi connectivity index (χ1n) is 5.59. The first-order chi connectivity index (χ1) is 9.82. The van der Waals surface area contributed by atoms with Gasteiger partial charge in [-0.2, -0.15) is 31.6 Å². The van der Waals surface area contributed by atoms with E-state index in [1.165, 1.54) is 11.4 Å². The molecule has 0 spiro atoms. The van der Waals surface area contributed by atoms with Crippen molar-refractivity contribution in [3.05, 3.63) is 29.5 Å². The molecule has 0 radical (unpaired) electrons. The molecule has 1 aromatic carbocycles. The summed E-state index contributed by atoms with van der Waals surface area (Å²) in [5.41, 5.74) is -5.98. The maximum absolute atomic E-state index is 12.7. The molecule has 1 atom stereocenters. The van der Waals surface area contributed by atoms with E-state index < -0.39 is 40.3 Å². The lowest BCUT2D eigenvalue weighted by Gasteiger charge is -2.32. The van der Waals surface area contributed by atoms with Crippen LogP contribution in [0.2, 0.25) is 0 Å². The van der Waals surface area contributed by atoms with E-state index in [1.54, 1.807) is 0 Å². The van der Waals surface area contributed by atoms with Gasteiger partial charge in [-0.05, 0) is 13.0 Å². The van der Waals surface area contributed by atoms with Crippen molar-refractivity contribution in [3.8, 4) is 0 Å². The molecular formula is C11H10F6N2O3. The Morgan fingerprint density at radius 1 is 1.14 bits per heavy atom. The minimum absolute atomic E-state index is 0.314. The van der Waals surface area contributed by atoms with Gasteiger partial charge in [0.25, 0.3) is 0 Å². The maximum atomic E-state index is 12.7. The van der Waals surface area contributed by atoms with Crippen LogP contribution in [0.5, 0.6) is 0 Å². The second-order valence-corrected chi connectivity index (χ2v) is 4.43. The Morgan fingerprint density at radius 3 is 2.00 bits per heavy atom. The van der Waals surface area contributed by atoms with E-state index in [-0.39, 0.29) is 6.92 Å². The summed E-state index contributed by atoms with van der Waals surface area (Å²) in [7, 11) is 0. The predicted molar refractivity (Wildman–Crippen MR) is 61.1 cm³/mol. The molecule has 0 aliphatic heterocycles. The molecule has 0 aliphatic carbocycles. The van der Waals surface area contributed by atoms with Gasteiger partial charge in [-0.25, -0.2) is 5.21 Å². The van der Waals surface area contributed by atoms with Crippen LogP contribution >= 0.6 is 0 Å². The van der Waals surface area contributed by atoms with Gasteiger partial charge in [-0.15, -0.1) is 0 Å². The van der Waals surface area contributed by atoms with Crippen LogP contribution in [0.25, 0.3) is 0 Å². The van der Waals surface area contributed by atoms with Crippen LogP contribution in [0.1, 0.15) is 6.92 Å². The lowest BCUT2D eigenvalue weighted by molar-refractivity contribution is -0.990. The summed E-state index contributed by atoms with van der Waals surface area (Å²) in [6.07, 6.45) is -11.8. The lowest BCUT2D eigenvalue weighted by Crippen LogP contribution is -2.99. The van der Waals surface area contributed by atoms with E-state index in [9.17, 15) is 36.3 Å². The zero-order valence-corrected chi connectivity index (χ0v) is 10.8. The SMILES string of the molecule is CC(C(=O)Nc1ccccc1[NH+]([O-])O)(C(F)(F)F)C(F)(F)F. The normalized spacial score (nSPS) is 14.6. The van der Waals surface area contributed by atoms with Crippen molar-refractivity contribution in [3.63, 3.8) is 0 Å². The van der Waals surface area contributed by atoms with Gasteiger partial charge < -0.3 is 10.5 Å². The first kappa shape index (κ1) is 18.2. The second-order valence-electron chi connectivity index (χ2n) is 4.43. The van der Waals surface area contributed by atoms with E-state index in [0.717, 1.165) is 18.2 Å². The molecular weight excluding hydrogens is 322 g/mol. The summed E-state index contributed by atoms with van der Waals surface area (Å²) >= 11 is 0. The molecule has 0 saturated heterocycles. The van der Waals surface area contributed by atoms with Gasteiger partial charge >= 0.3 is 12.4 Å². The third-order valence-electron chi connectivity index (χ3n) is 2.99. The zero-order valence-electron chi connectivity index (χ0n) is 10.8. The molecule has 1 aromatic rings. The highest BCUT2D eigenvalue weighted by molar-refractivity contribution is 5.98. The van der Waals surface area contributed by atoms with Gasteiger partial charge in [-0.3, -0.25) is 4.79 Å². The van der Waals surface area contributed by atoms with E-state index in [1.807, 2.05) is 0 Å². The molecule has 1 rings (SSSR count). The molecule has 1 unspecified atom stereocenters. The van der Waals surface area contributed by atoms with E-state index in [0.29, 0.717) is 0 Å². The largest absolute Gasteiger partial charge is 0.595 e. The summed E-state index contributed by atoms with van der Waals surface area (Å²) in [6, 6.07) is 4.16. The Bertz CT molecular complexity index is 541. The number of alkyl halides is 6. The zero-order chi connectivity index (χ0) is 17.3. The van der Waals surface area contributed by atoms with Gasteiger partial charge in [0.15, 0.2) is 5.69 Å². The summed E-state index contributed by atoms with van der Waals surface area (Å²) in [5.74, 6) is -2.42. The van der Waals surface area contributed by atoms with Crippen molar-refractivity contribution in [1.82, 2.24) is 0 Å². The van der Waals surface area contributed by atoms with Crippen LogP contribution in [0.15, 0.2) is 24.3 Å². The predicted octanol–water partition coefficient (Wildman–Crippen LogP) is 2.16. The number of carbonyl (C=O) groups excluding carboxylic acids is 1.